The molecule has 0 unspecified atom stereocenters. The Kier molecular flexibility index (Phi) is 4.31. The number of aryl methyl sites for hydroxylation is 1. The summed E-state index contributed by atoms with van der Waals surface area (Å²) in [5.41, 5.74) is 3.40. The number of benzene rings is 2. The summed E-state index contributed by atoms with van der Waals surface area (Å²) in [5.74, 6) is 1.03. The second kappa shape index (κ2) is 6.55. The van der Waals surface area contributed by atoms with Gasteiger partial charge in [0.15, 0.2) is 0 Å². The first kappa shape index (κ1) is 13.8. The Morgan fingerprint density at radius 2 is 1.62 bits per heavy atom. The normalized spacial score (nSPS) is 16.0. The van der Waals surface area contributed by atoms with Crippen molar-refractivity contribution >= 4 is 11.5 Å². The molecule has 0 radical (unpaired) electrons. The van der Waals surface area contributed by atoms with Crippen molar-refractivity contribution in [2.75, 3.05) is 26.3 Å². The summed E-state index contributed by atoms with van der Waals surface area (Å²) >= 11 is 0. The van der Waals surface area contributed by atoms with Gasteiger partial charge in [0.2, 0.25) is 0 Å². The van der Waals surface area contributed by atoms with Gasteiger partial charge in [-0.1, -0.05) is 48.0 Å². The molecular weight excluding hydrogens is 260 g/mol. The summed E-state index contributed by atoms with van der Waals surface area (Å²) in [6.45, 7) is 5.40. The standard InChI is InChI=1S/C18H20N2O/c1-15-7-9-17(10-8-15)19-18(16-5-3-2-4-6-16)20-11-13-21-14-12-20/h2-10H,11-14H2,1H3. The van der Waals surface area contributed by atoms with Crippen molar-refractivity contribution in [3.05, 3.63) is 65.7 Å². The van der Waals surface area contributed by atoms with Crippen molar-refractivity contribution in [2.24, 2.45) is 4.99 Å². The lowest BCUT2D eigenvalue weighted by Crippen LogP contribution is -2.41. The average Bonchev–Trinajstić information content (AvgIpc) is 2.56. The largest absolute Gasteiger partial charge is 0.378 e. The van der Waals surface area contributed by atoms with Crippen molar-refractivity contribution < 1.29 is 4.74 Å². The lowest BCUT2D eigenvalue weighted by atomic mass is 10.1. The molecule has 1 aliphatic heterocycles. The predicted octanol–water partition coefficient (Wildman–Crippen LogP) is 3.41. The van der Waals surface area contributed by atoms with Crippen molar-refractivity contribution in [2.45, 2.75) is 6.92 Å². The van der Waals surface area contributed by atoms with E-state index < -0.39 is 0 Å². The molecule has 0 N–H and O–H groups in total. The Balaban J connectivity index is 1.96. The lowest BCUT2D eigenvalue weighted by Gasteiger charge is -2.30. The molecule has 0 saturated carbocycles. The molecule has 0 aliphatic carbocycles. The van der Waals surface area contributed by atoms with Gasteiger partial charge in [-0.25, -0.2) is 4.99 Å². The molecule has 0 aromatic heterocycles. The van der Waals surface area contributed by atoms with Crippen molar-refractivity contribution in [3.8, 4) is 0 Å². The van der Waals surface area contributed by atoms with Gasteiger partial charge < -0.3 is 9.64 Å². The third-order valence-electron chi connectivity index (χ3n) is 3.61. The molecule has 21 heavy (non-hydrogen) atoms. The van der Waals surface area contributed by atoms with Gasteiger partial charge in [0, 0.05) is 18.7 Å². The lowest BCUT2D eigenvalue weighted by molar-refractivity contribution is 0.0683. The van der Waals surface area contributed by atoms with E-state index in [1.54, 1.807) is 0 Å². The summed E-state index contributed by atoms with van der Waals surface area (Å²) in [7, 11) is 0. The van der Waals surface area contributed by atoms with E-state index in [1.807, 2.05) is 6.07 Å². The van der Waals surface area contributed by atoms with E-state index >= 15 is 0 Å². The van der Waals surface area contributed by atoms with E-state index in [2.05, 4.69) is 60.4 Å². The van der Waals surface area contributed by atoms with Crippen LogP contribution in [-0.4, -0.2) is 37.0 Å². The number of nitrogens with zero attached hydrogens (tertiary/aromatic N) is 2. The number of aliphatic imine (C=N–C) groups is 1. The summed E-state index contributed by atoms with van der Waals surface area (Å²) in [6, 6.07) is 18.7. The van der Waals surface area contributed by atoms with Crippen LogP contribution in [0, 0.1) is 6.92 Å². The van der Waals surface area contributed by atoms with E-state index in [0.717, 1.165) is 43.4 Å². The van der Waals surface area contributed by atoms with Crippen LogP contribution in [0.1, 0.15) is 11.1 Å². The van der Waals surface area contributed by atoms with Crippen LogP contribution in [0.5, 0.6) is 0 Å². The molecule has 3 heteroatoms. The van der Waals surface area contributed by atoms with E-state index in [-0.39, 0.29) is 0 Å². The van der Waals surface area contributed by atoms with E-state index in [1.165, 1.54) is 5.56 Å². The highest BCUT2D eigenvalue weighted by Gasteiger charge is 2.16. The first-order valence-electron chi connectivity index (χ1n) is 7.36. The number of morpholine rings is 1. The van der Waals surface area contributed by atoms with Gasteiger partial charge in [-0.15, -0.1) is 0 Å². The topological polar surface area (TPSA) is 24.8 Å². The van der Waals surface area contributed by atoms with Gasteiger partial charge in [0.25, 0.3) is 0 Å². The molecule has 1 fully saturated rings. The second-order valence-electron chi connectivity index (χ2n) is 5.24. The fourth-order valence-electron chi connectivity index (χ4n) is 2.42. The van der Waals surface area contributed by atoms with Crippen molar-refractivity contribution in [3.63, 3.8) is 0 Å². The Morgan fingerprint density at radius 3 is 2.29 bits per heavy atom. The number of hydrogen-bond donors (Lipinski definition) is 0. The minimum atomic E-state index is 0.764. The van der Waals surface area contributed by atoms with Crippen molar-refractivity contribution in [1.29, 1.82) is 0 Å². The van der Waals surface area contributed by atoms with Crippen molar-refractivity contribution in [1.82, 2.24) is 4.90 Å². The molecule has 0 spiro atoms. The number of hydrogen-bond acceptors (Lipinski definition) is 2. The van der Waals surface area contributed by atoms with Crippen LogP contribution >= 0.6 is 0 Å². The maximum atomic E-state index is 5.46. The minimum Gasteiger partial charge on any atom is -0.378 e. The molecule has 2 aromatic carbocycles. The van der Waals surface area contributed by atoms with Crippen LogP contribution < -0.4 is 0 Å². The van der Waals surface area contributed by atoms with Gasteiger partial charge in [-0.2, -0.15) is 0 Å². The van der Waals surface area contributed by atoms with Gasteiger partial charge >= 0.3 is 0 Å². The van der Waals surface area contributed by atoms with Gasteiger partial charge in [-0.3, -0.25) is 0 Å². The summed E-state index contributed by atoms with van der Waals surface area (Å²) < 4.78 is 5.46. The minimum absolute atomic E-state index is 0.764. The fourth-order valence-corrected chi connectivity index (χ4v) is 2.42. The van der Waals surface area contributed by atoms with Crippen LogP contribution in [0.2, 0.25) is 0 Å². The molecule has 1 saturated heterocycles. The molecule has 108 valence electrons. The third kappa shape index (κ3) is 3.50. The highest BCUT2D eigenvalue weighted by atomic mass is 16.5. The zero-order valence-corrected chi connectivity index (χ0v) is 12.3. The Bertz CT molecular complexity index is 599. The molecule has 2 aromatic rings. The highest BCUT2D eigenvalue weighted by Crippen LogP contribution is 2.17. The van der Waals surface area contributed by atoms with Crippen LogP contribution in [0.15, 0.2) is 59.6 Å². The number of amidine groups is 1. The second-order valence-corrected chi connectivity index (χ2v) is 5.24. The molecule has 0 amide bonds. The van der Waals surface area contributed by atoms with Crippen LogP contribution in [0.4, 0.5) is 5.69 Å². The number of rotatable bonds is 2. The van der Waals surface area contributed by atoms with Crippen LogP contribution in [0.25, 0.3) is 0 Å². The van der Waals surface area contributed by atoms with E-state index in [9.17, 15) is 0 Å². The Hall–Kier alpha value is -2.13. The summed E-state index contributed by atoms with van der Waals surface area (Å²) in [5, 5.41) is 0. The first-order valence-corrected chi connectivity index (χ1v) is 7.36. The van der Waals surface area contributed by atoms with Crippen LogP contribution in [-0.2, 0) is 4.74 Å². The Labute approximate surface area is 125 Å². The highest BCUT2D eigenvalue weighted by molar-refractivity contribution is 6.00. The number of ether oxygens (including phenoxy) is 1. The monoisotopic (exact) mass is 280 g/mol. The third-order valence-corrected chi connectivity index (χ3v) is 3.61. The maximum absolute atomic E-state index is 5.46. The Morgan fingerprint density at radius 1 is 0.952 bits per heavy atom. The predicted molar refractivity (Wildman–Crippen MR) is 86.2 cm³/mol. The van der Waals surface area contributed by atoms with Gasteiger partial charge in [0.1, 0.15) is 5.84 Å². The SMILES string of the molecule is Cc1ccc(N=C(c2ccccc2)N2CCOCC2)cc1. The summed E-state index contributed by atoms with van der Waals surface area (Å²) in [4.78, 5) is 7.18. The van der Waals surface area contributed by atoms with E-state index in [4.69, 9.17) is 9.73 Å². The molecular formula is C18H20N2O. The van der Waals surface area contributed by atoms with Crippen LogP contribution in [0.3, 0.4) is 0 Å². The van der Waals surface area contributed by atoms with E-state index in [0.29, 0.717) is 0 Å². The summed E-state index contributed by atoms with van der Waals surface area (Å²) in [6.07, 6.45) is 0. The molecule has 1 aliphatic rings. The first-order chi connectivity index (χ1) is 10.3. The molecule has 3 nitrogen and oxygen atoms in total. The molecule has 3 rings (SSSR count). The van der Waals surface area contributed by atoms with Gasteiger partial charge in [0.05, 0.1) is 18.9 Å². The molecule has 0 bridgehead atoms. The van der Waals surface area contributed by atoms with Gasteiger partial charge in [-0.05, 0) is 19.1 Å². The smallest absolute Gasteiger partial charge is 0.136 e. The molecule has 1 heterocycles. The fraction of sp³-hybridized carbons (Fsp3) is 0.278. The quantitative estimate of drug-likeness (QED) is 0.622. The molecule has 0 atom stereocenters. The zero-order chi connectivity index (χ0) is 14.5. The average molecular weight is 280 g/mol. The maximum Gasteiger partial charge on any atom is 0.136 e. The zero-order valence-electron chi connectivity index (χ0n) is 12.3.